The largest absolute Gasteiger partial charge is 0.487 e. The third-order valence-corrected chi connectivity index (χ3v) is 4.15. The highest BCUT2D eigenvalue weighted by molar-refractivity contribution is 5.60. The summed E-state index contributed by atoms with van der Waals surface area (Å²) in [5.74, 6) is 2.32. The van der Waals surface area contributed by atoms with Crippen molar-refractivity contribution >= 4 is 5.82 Å². The molecule has 1 aliphatic rings. The molecule has 0 fully saturated rings. The van der Waals surface area contributed by atoms with Crippen molar-refractivity contribution in [2.45, 2.75) is 26.1 Å². The smallest absolute Gasteiger partial charge is 0.161 e. The molecule has 26 heavy (non-hydrogen) atoms. The summed E-state index contributed by atoms with van der Waals surface area (Å²) in [6.45, 7) is 4.18. The zero-order valence-electron chi connectivity index (χ0n) is 14.5. The molecule has 0 saturated heterocycles. The fourth-order valence-corrected chi connectivity index (χ4v) is 2.88. The van der Waals surface area contributed by atoms with Crippen LogP contribution in [0.2, 0.25) is 0 Å². The predicted molar refractivity (Wildman–Crippen MR) is 98.6 cm³/mol. The van der Waals surface area contributed by atoms with E-state index in [9.17, 15) is 0 Å². The Kier molecular flexibility index (Phi) is 4.70. The first-order valence-corrected chi connectivity index (χ1v) is 8.61. The fraction of sp³-hybridized carbons (Fsp3) is 0.263. The summed E-state index contributed by atoms with van der Waals surface area (Å²) in [5, 5.41) is 6.76. The molecule has 1 aliphatic heterocycles. The van der Waals surface area contributed by atoms with E-state index >= 15 is 0 Å². The van der Waals surface area contributed by atoms with Crippen LogP contribution in [0.4, 0.5) is 5.82 Å². The number of hydrogen-bond acceptors (Lipinski definition) is 7. The second-order valence-corrected chi connectivity index (χ2v) is 6.16. The normalized spacial score (nSPS) is 13.9. The summed E-state index contributed by atoms with van der Waals surface area (Å²) < 4.78 is 5.88. The number of rotatable bonds is 6. The quantitative estimate of drug-likeness (QED) is 0.707. The van der Waals surface area contributed by atoms with Crippen molar-refractivity contribution in [1.29, 1.82) is 0 Å². The van der Waals surface area contributed by atoms with Crippen LogP contribution >= 0.6 is 0 Å². The van der Waals surface area contributed by atoms with Gasteiger partial charge in [-0.2, -0.15) is 0 Å². The van der Waals surface area contributed by atoms with Crippen molar-refractivity contribution < 1.29 is 4.74 Å². The van der Waals surface area contributed by atoms with Crippen LogP contribution < -0.4 is 15.4 Å². The summed E-state index contributed by atoms with van der Waals surface area (Å²) >= 11 is 0. The molecule has 2 N–H and O–H groups in total. The Balaban J connectivity index is 1.51. The van der Waals surface area contributed by atoms with E-state index in [0.717, 1.165) is 41.5 Å². The van der Waals surface area contributed by atoms with E-state index in [0.29, 0.717) is 12.4 Å². The standard InChI is InChI=1S/C19H20N6O/c1-13(26-15-3-2-6-21-10-15)9-23-19-16-11-22-12-17(16)24-18(25-19)14-4-7-20-8-5-14/h2-8,10,13,22H,9,11-12H2,1H3,(H,23,24,25). The summed E-state index contributed by atoms with van der Waals surface area (Å²) in [7, 11) is 0. The zero-order chi connectivity index (χ0) is 17.8. The Hall–Kier alpha value is -3.06. The first-order valence-electron chi connectivity index (χ1n) is 8.61. The zero-order valence-corrected chi connectivity index (χ0v) is 14.5. The average molecular weight is 348 g/mol. The van der Waals surface area contributed by atoms with Crippen molar-refractivity contribution in [3.8, 4) is 17.1 Å². The highest BCUT2D eigenvalue weighted by Gasteiger charge is 2.20. The summed E-state index contributed by atoms with van der Waals surface area (Å²) in [4.78, 5) is 17.6. The van der Waals surface area contributed by atoms with Crippen molar-refractivity contribution in [2.75, 3.05) is 11.9 Å². The molecule has 0 radical (unpaired) electrons. The number of aromatic nitrogens is 4. The Bertz CT molecular complexity index is 872. The topological polar surface area (TPSA) is 84.9 Å². The number of ether oxygens (including phenoxy) is 1. The lowest BCUT2D eigenvalue weighted by Crippen LogP contribution is -2.24. The van der Waals surface area contributed by atoms with Gasteiger partial charge < -0.3 is 15.4 Å². The maximum Gasteiger partial charge on any atom is 0.161 e. The molecule has 4 heterocycles. The average Bonchev–Trinajstić information content (AvgIpc) is 3.16. The van der Waals surface area contributed by atoms with Gasteiger partial charge in [0.1, 0.15) is 17.7 Å². The molecule has 7 nitrogen and oxygen atoms in total. The van der Waals surface area contributed by atoms with Crippen molar-refractivity contribution in [1.82, 2.24) is 25.3 Å². The molecule has 1 unspecified atom stereocenters. The Morgan fingerprint density at radius 1 is 1.12 bits per heavy atom. The number of fused-ring (bicyclic) bond motifs is 1. The minimum atomic E-state index is -0.0245. The van der Waals surface area contributed by atoms with E-state index in [1.54, 1.807) is 24.8 Å². The summed E-state index contributed by atoms with van der Waals surface area (Å²) in [6, 6.07) is 7.60. The second kappa shape index (κ2) is 7.45. The molecule has 4 rings (SSSR count). The van der Waals surface area contributed by atoms with E-state index in [-0.39, 0.29) is 6.10 Å². The van der Waals surface area contributed by atoms with Gasteiger partial charge in [-0.05, 0) is 31.2 Å². The van der Waals surface area contributed by atoms with Gasteiger partial charge in [0.05, 0.1) is 18.4 Å². The van der Waals surface area contributed by atoms with Gasteiger partial charge in [0.25, 0.3) is 0 Å². The fourth-order valence-electron chi connectivity index (χ4n) is 2.88. The van der Waals surface area contributed by atoms with Gasteiger partial charge in [-0.3, -0.25) is 9.97 Å². The highest BCUT2D eigenvalue weighted by atomic mass is 16.5. The Labute approximate surface area is 151 Å². The minimum absolute atomic E-state index is 0.0245. The molecule has 0 amide bonds. The van der Waals surface area contributed by atoms with Crippen molar-refractivity contribution in [2.24, 2.45) is 0 Å². The van der Waals surface area contributed by atoms with Gasteiger partial charge in [-0.1, -0.05) is 0 Å². The van der Waals surface area contributed by atoms with E-state index < -0.39 is 0 Å². The molecular weight excluding hydrogens is 328 g/mol. The van der Waals surface area contributed by atoms with Crippen LogP contribution in [0.15, 0.2) is 49.1 Å². The van der Waals surface area contributed by atoms with Crippen LogP contribution in [0.1, 0.15) is 18.2 Å². The Morgan fingerprint density at radius 3 is 2.81 bits per heavy atom. The lowest BCUT2D eigenvalue weighted by atomic mass is 10.2. The molecule has 0 spiro atoms. The van der Waals surface area contributed by atoms with Crippen LogP contribution in [0.5, 0.6) is 5.75 Å². The third-order valence-electron chi connectivity index (χ3n) is 4.15. The van der Waals surface area contributed by atoms with Crippen molar-refractivity contribution in [3.63, 3.8) is 0 Å². The molecule has 132 valence electrons. The molecular formula is C19H20N6O. The maximum atomic E-state index is 5.88. The predicted octanol–water partition coefficient (Wildman–Crippen LogP) is 2.42. The van der Waals surface area contributed by atoms with E-state index in [2.05, 4.69) is 20.6 Å². The van der Waals surface area contributed by atoms with Gasteiger partial charge in [0.2, 0.25) is 0 Å². The molecule has 3 aromatic heterocycles. The lowest BCUT2D eigenvalue weighted by molar-refractivity contribution is 0.233. The van der Waals surface area contributed by atoms with Crippen LogP contribution in [0.3, 0.4) is 0 Å². The van der Waals surface area contributed by atoms with E-state index in [1.807, 2.05) is 31.2 Å². The van der Waals surface area contributed by atoms with Gasteiger partial charge in [0.15, 0.2) is 5.82 Å². The lowest BCUT2D eigenvalue weighted by Gasteiger charge is -2.17. The monoisotopic (exact) mass is 348 g/mol. The van der Waals surface area contributed by atoms with Gasteiger partial charge in [0, 0.05) is 42.8 Å². The number of hydrogen-bond donors (Lipinski definition) is 2. The number of pyridine rings is 2. The number of anilines is 1. The molecule has 1 atom stereocenters. The second-order valence-electron chi connectivity index (χ2n) is 6.16. The number of nitrogens with one attached hydrogen (secondary N) is 2. The van der Waals surface area contributed by atoms with Crippen molar-refractivity contribution in [3.05, 3.63) is 60.3 Å². The van der Waals surface area contributed by atoms with Crippen LogP contribution in [0, 0.1) is 0 Å². The summed E-state index contributed by atoms with van der Waals surface area (Å²) in [6.07, 6.45) is 6.92. The van der Waals surface area contributed by atoms with Crippen LogP contribution in [0.25, 0.3) is 11.4 Å². The van der Waals surface area contributed by atoms with E-state index in [1.165, 1.54) is 0 Å². The maximum absolute atomic E-state index is 5.88. The van der Waals surface area contributed by atoms with Gasteiger partial charge in [-0.25, -0.2) is 9.97 Å². The SMILES string of the molecule is CC(CNc1nc(-c2ccncc2)nc2c1CNC2)Oc1cccnc1. The van der Waals surface area contributed by atoms with Gasteiger partial charge >= 0.3 is 0 Å². The molecule has 0 saturated carbocycles. The first-order chi connectivity index (χ1) is 12.8. The molecule has 0 aromatic carbocycles. The highest BCUT2D eigenvalue weighted by Crippen LogP contribution is 2.25. The number of nitrogens with zero attached hydrogens (tertiary/aromatic N) is 4. The molecule has 3 aromatic rings. The van der Waals surface area contributed by atoms with Crippen LogP contribution in [-0.4, -0.2) is 32.6 Å². The first kappa shape index (κ1) is 16.4. The van der Waals surface area contributed by atoms with E-state index in [4.69, 9.17) is 14.7 Å². The summed E-state index contributed by atoms with van der Waals surface area (Å²) in [5.41, 5.74) is 3.11. The van der Waals surface area contributed by atoms with Crippen LogP contribution in [-0.2, 0) is 13.1 Å². The molecule has 7 heteroatoms. The Morgan fingerprint density at radius 2 is 2.00 bits per heavy atom. The minimum Gasteiger partial charge on any atom is -0.487 e. The molecule has 0 bridgehead atoms. The third kappa shape index (κ3) is 3.62. The van der Waals surface area contributed by atoms with Gasteiger partial charge in [-0.15, -0.1) is 0 Å². The molecule has 0 aliphatic carbocycles.